The normalized spacial score (nSPS) is 18.7. The number of likely N-dealkylation sites (N-methyl/N-ethyl adjacent to an activating group) is 1. The first-order chi connectivity index (χ1) is 11.0. The van der Waals surface area contributed by atoms with Crippen molar-refractivity contribution in [3.05, 3.63) is 17.2 Å². The Hall–Kier alpha value is -1.11. The van der Waals surface area contributed by atoms with Crippen molar-refractivity contribution in [1.29, 1.82) is 0 Å². The van der Waals surface area contributed by atoms with Crippen molar-refractivity contribution < 1.29 is 9.53 Å². The summed E-state index contributed by atoms with van der Waals surface area (Å²) in [6, 6.07) is 0.464. The van der Waals surface area contributed by atoms with Crippen LogP contribution in [0.1, 0.15) is 25.1 Å². The molecule has 23 heavy (non-hydrogen) atoms. The average Bonchev–Trinajstić information content (AvgIpc) is 2.90. The molecule has 1 aromatic heterocycles. The van der Waals surface area contributed by atoms with Crippen LogP contribution in [0.5, 0.6) is 0 Å². The van der Waals surface area contributed by atoms with E-state index in [0.29, 0.717) is 37.2 Å². The molecule has 7 heteroatoms. The lowest BCUT2D eigenvalue weighted by Gasteiger charge is -2.36. The summed E-state index contributed by atoms with van der Waals surface area (Å²) in [4.78, 5) is 21.0. The first-order valence-corrected chi connectivity index (χ1v) is 8.53. The molecule has 0 N–H and O–H groups in total. The summed E-state index contributed by atoms with van der Waals surface area (Å²) >= 11 is 6.14. The number of carbonyl (C=O) groups is 1. The highest BCUT2D eigenvalue weighted by Crippen LogP contribution is 2.17. The fourth-order valence-corrected chi connectivity index (χ4v) is 3.22. The van der Waals surface area contributed by atoms with Crippen molar-refractivity contribution in [2.75, 3.05) is 40.9 Å². The lowest BCUT2D eigenvalue weighted by atomic mass is 10.0. The maximum atomic E-state index is 12.5. The van der Waals surface area contributed by atoms with E-state index >= 15 is 0 Å². The molecule has 2 rings (SSSR count). The Bertz CT molecular complexity index is 518. The highest BCUT2D eigenvalue weighted by atomic mass is 35.5. The summed E-state index contributed by atoms with van der Waals surface area (Å²) in [6.45, 7) is 2.92. The number of carbonyl (C=O) groups excluding carboxylic acids is 1. The van der Waals surface area contributed by atoms with Crippen molar-refractivity contribution in [1.82, 2.24) is 19.4 Å². The van der Waals surface area contributed by atoms with Crippen LogP contribution in [0.4, 0.5) is 0 Å². The van der Waals surface area contributed by atoms with E-state index in [0.717, 1.165) is 31.8 Å². The van der Waals surface area contributed by atoms with Crippen LogP contribution in [0, 0.1) is 0 Å². The van der Waals surface area contributed by atoms with Gasteiger partial charge >= 0.3 is 0 Å². The van der Waals surface area contributed by atoms with Gasteiger partial charge in [0.2, 0.25) is 5.91 Å². The quantitative estimate of drug-likeness (QED) is 0.756. The Morgan fingerprint density at radius 1 is 1.52 bits per heavy atom. The van der Waals surface area contributed by atoms with Gasteiger partial charge in [-0.15, -0.1) is 0 Å². The molecule has 1 aliphatic rings. The van der Waals surface area contributed by atoms with Crippen molar-refractivity contribution in [2.24, 2.45) is 0 Å². The van der Waals surface area contributed by atoms with Gasteiger partial charge in [0.15, 0.2) is 0 Å². The number of halogens is 1. The zero-order valence-electron chi connectivity index (χ0n) is 14.3. The Morgan fingerprint density at radius 3 is 3.00 bits per heavy atom. The average molecular weight is 343 g/mol. The largest absolute Gasteiger partial charge is 0.383 e. The SMILES string of the molecule is COCCn1c(Cl)cnc1CCC(=O)N1CCC[C@H](N(C)C)C1. The van der Waals surface area contributed by atoms with Crippen molar-refractivity contribution in [3.63, 3.8) is 0 Å². The molecular formula is C16H27ClN4O2. The lowest BCUT2D eigenvalue weighted by molar-refractivity contribution is -0.133. The van der Waals surface area contributed by atoms with Crippen LogP contribution in [-0.2, 0) is 22.5 Å². The Kier molecular flexibility index (Phi) is 6.87. The monoisotopic (exact) mass is 342 g/mol. The first kappa shape index (κ1) is 18.2. The number of likely N-dealkylation sites (tertiary alicyclic amines) is 1. The lowest BCUT2D eigenvalue weighted by Crippen LogP contribution is -2.47. The second-order valence-corrected chi connectivity index (χ2v) is 6.63. The standard InChI is InChI=1S/C16H27ClN4O2/c1-19(2)13-5-4-8-20(12-13)16(22)7-6-15-18-11-14(17)21(15)9-10-23-3/h11,13H,4-10,12H2,1-3H3/t13-/m0/s1. The van der Waals surface area contributed by atoms with Crippen molar-refractivity contribution >= 4 is 17.5 Å². The third-order valence-corrected chi connectivity index (χ3v) is 4.75. The fourth-order valence-electron chi connectivity index (χ4n) is 2.99. The van der Waals surface area contributed by atoms with Crippen LogP contribution in [0.3, 0.4) is 0 Å². The third-order valence-electron chi connectivity index (χ3n) is 4.45. The predicted octanol–water partition coefficient (Wildman–Crippen LogP) is 1.67. The van der Waals surface area contributed by atoms with Gasteiger partial charge in [0.1, 0.15) is 11.0 Å². The number of ether oxygens (including phenoxy) is 1. The van der Waals surface area contributed by atoms with Crippen LogP contribution in [-0.4, -0.2) is 72.2 Å². The number of rotatable bonds is 7. The number of aryl methyl sites for hydroxylation is 1. The number of methoxy groups -OCH3 is 1. The van der Waals surface area contributed by atoms with Gasteiger partial charge in [-0.2, -0.15) is 0 Å². The molecule has 1 fully saturated rings. The summed E-state index contributed by atoms with van der Waals surface area (Å²) in [7, 11) is 5.81. The van der Waals surface area contributed by atoms with E-state index in [-0.39, 0.29) is 5.91 Å². The van der Waals surface area contributed by atoms with Gasteiger partial charge < -0.3 is 19.1 Å². The Labute approximate surface area is 143 Å². The van der Waals surface area contributed by atoms with Crippen molar-refractivity contribution in [3.8, 4) is 0 Å². The molecular weight excluding hydrogens is 316 g/mol. The molecule has 1 aliphatic heterocycles. The number of hydrogen-bond donors (Lipinski definition) is 0. The van der Waals surface area contributed by atoms with Crippen LogP contribution in [0.2, 0.25) is 5.15 Å². The summed E-state index contributed by atoms with van der Waals surface area (Å²) in [5.41, 5.74) is 0. The Morgan fingerprint density at radius 2 is 2.30 bits per heavy atom. The summed E-state index contributed by atoms with van der Waals surface area (Å²) in [5.74, 6) is 1.05. The van der Waals surface area contributed by atoms with Gasteiger partial charge in [0.05, 0.1) is 12.8 Å². The molecule has 1 atom stereocenters. The minimum Gasteiger partial charge on any atom is -0.383 e. The smallest absolute Gasteiger partial charge is 0.223 e. The minimum atomic E-state index is 0.203. The number of imidazole rings is 1. The topological polar surface area (TPSA) is 50.6 Å². The summed E-state index contributed by atoms with van der Waals surface area (Å²) in [5, 5.41) is 0.593. The molecule has 2 heterocycles. The number of piperidine rings is 1. The molecule has 0 aromatic carbocycles. The molecule has 0 unspecified atom stereocenters. The molecule has 0 spiro atoms. The highest BCUT2D eigenvalue weighted by Gasteiger charge is 2.24. The van der Waals surface area contributed by atoms with Crippen LogP contribution in [0.25, 0.3) is 0 Å². The second-order valence-electron chi connectivity index (χ2n) is 6.24. The van der Waals surface area contributed by atoms with Crippen LogP contribution >= 0.6 is 11.6 Å². The summed E-state index contributed by atoms with van der Waals surface area (Å²) < 4.78 is 7.01. The predicted molar refractivity (Wildman–Crippen MR) is 90.7 cm³/mol. The van der Waals surface area contributed by atoms with E-state index in [1.807, 2.05) is 9.47 Å². The molecule has 6 nitrogen and oxygen atoms in total. The molecule has 0 aliphatic carbocycles. The van der Waals surface area contributed by atoms with E-state index in [1.165, 1.54) is 0 Å². The molecule has 0 saturated carbocycles. The van der Waals surface area contributed by atoms with Gasteiger partial charge in [0, 0.05) is 45.6 Å². The van der Waals surface area contributed by atoms with E-state index in [4.69, 9.17) is 16.3 Å². The molecule has 1 amide bonds. The molecule has 1 saturated heterocycles. The molecule has 130 valence electrons. The summed E-state index contributed by atoms with van der Waals surface area (Å²) in [6.07, 6.45) is 4.95. The Balaban J connectivity index is 1.89. The van der Waals surface area contributed by atoms with Crippen LogP contribution in [0.15, 0.2) is 6.20 Å². The third kappa shape index (κ3) is 4.93. The van der Waals surface area contributed by atoms with Gasteiger partial charge in [-0.1, -0.05) is 11.6 Å². The van der Waals surface area contributed by atoms with Crippen LogP contribution < -0.4 is 0 Å². The van der Waals surface area contributed by atoms with E-state index in [1.54, 1.807) is 13.3 Å². The maximum absolute atomic E-state index is 12.5. The maximum Gasteiger partial charge on any atom is 0.223 e. The molecule has 0 bridgehead atoms. The number of nitrogens with zero attached hydrogens (tertiary/aromatic N) is 4. The van der Waals surface area contributed by atoms with Gasteiger partial charge in [-0.3, -0.25) is 4.79 Å². The second kappa shape index (κ2) is 8.66. The van der Waals surface area contributed by atoms with Gasteiger partial charge in [-0.25, -0.2) is 4.98 Å². The fraction of sp³-hybridized carbons (Fsp3) is 0.750. The minimum absolute atomic E-state index is 0.203. The molecule has 1 aromatic rings. The number of amides is 1. The van der Waals surface area contributed by atoms with Gasteiger partial charge in [0.25, 0.3) is 0 Å². The zero-order chi connectivity index (χ0) is 16.8. The number of hydrogen-bond acceptors (Lipinski definition) is 4. The highest BCUT2D eigenvalue weighted by molar-refractivity contribution is 6.29. The van der Waals surface area contributed by atoms with Gasteiger partial charge in [-0.05, 0) is 26.9 Å². The van der Waals surface area contributed by atoms with Crippen molar-refractivity contribution in [2.45, 2.75) is 38.3 Å². The molecule has 0 radical (unpaired) electrons. The zero-order valence-corrected chi connectivity index (χ0v) is 15.1. The van der Waals surface area contributed by atoms with E-state index in [9.17, 15) is 4.79 Å². The van der Waals surface area contributed by atoms with E-state index < -0.39 is 0 Å². The first-order valence-electron chi connectivity index (χ1n) is 8.16. The van der Waals surface area contributed by atoms with E-state index in [2.05, 4.69) is 24.0 Å². The number of aromatic nitrogens is 2.